The predicted octanol–water partition coefficient (Wildman–Crippen LogP) is 3.82. The third-order valence-corrected chi connectivity index (χ3v) is 4.45. The lowest BCUT2D eigenvalue weighted by Gasteiger charge is -2.28. The fourth-order valence-corrected chi connectivity index (χ4v) is 3.08. The predicted molar refractivity (Wildman–Crippen MR) is 99.6 cm³/mol. The Labute approximate surface area is 146 Å². The first-order valence-electron chi connectivity index (χ1n) is 9.36. The Morgan fingerprint density at radius 3 is 2.50 bits per heavy atom. The van der Waals surface area contributed by atoms with Crippen LogP contribution in [-0.2, 0) is 4.79 Å². The van der Waals surface area contributed by atoms with E-state index < -0.39 is 5.97 Å². The minimum atomic E-state index is -0.834. The van der Waals surface area contributed by atoms with Crippen molar-refractivity contribution in [2.24, 2.45) is 10.7 Å². The van der Waals surface area contributed by atoms with Gasteiger partial charge in [0.1, 0.15) is 12.7 Å². The van der Waals surface area contributed by atoms with Crippen LogP contribution in [0.15, 0.2) is 29.5 Å². The molecule has 1 atom stereocenters. The molecule has 1 unspecified atom stereocenters. The van der Waals surface area contributed by atoms with Crippen molar-refractivity contribution < 1.29 is 14.4 Å². The monoisotopic (exact) mass is 336 g/mol. The Hall–Kier alpha value is -1.46. The number of aliphatic carboxylic acids is 1. The number of hydrogen-bond donors (Lipinski definition) is 2. The van der Waals surface area contributed by atoms with Crippen molar-refractivity contribution in [3.63, 3.8) is 0 Å². The molecule has 3 N–H and O–H groups in total. The molecule has 0 bridgehead atoms. The van der Waals surface area contributed by atoms with Crippen LogP contribution in [0.3, 0.4) is 0 Å². The maximum Gasteiger partial charge on any atom is 0.360 e. The van der Waals surface area contributed by atoms with Crippen LogP contribution in [0.4, 0.5) is 0 Å². The third-order valence-electron chi connectivity index (χ3n) is 4.45. The number of nitrogens with two attached hydrogens (primary N) is 1. The van der Waals surface area contributed by atoms with Gasteiger partial charge in [-0.2, -0.15) is 4.99 Å². The van der Waals surface area contributed by atoms with Crippen molar-refractivity contribution in [3.05, 3.63) is 24.6 Å². The van der Waals surface area contributed by atoms with E-state index in [4.69, 9.17) is 10.8 Å². The zero-order valence-electron chi connectivity index (χ0n) is 15.1. The van der Waals surface area contributed by atoms with Gasteiger partial charge in [0.15, 0.2) is 6.54 Å². The molecule has 1 aliphatic rings. The molecule has 0 amide bonds. The second-order valence-corrected chi connectivity index (χ2v) is 6.55. The highest BCUT2D eigenvalue weighted by Gasteiger charge is 2.35. The van der Waals surface area contributed by atoms with E-state index >= 15 is 0 Å². The zero-order valence-corrected chi connectivity index (χ0v) is 15.1. The Morgan fingerprint density at radius 2 is 1.88 bits per heavy atom. The molecule has 0 aliphatic carbocycles. The standard InChI is InChI=1S/C19H33N3O2/c1-2-3-4-5-6-7-8-9-10-11-12-18-21-14-16-22(18,15-13-20)17-19(23)24/h11-12,14,16H,2-10,13,15,17,20H2,1H3/p+1/b12-11+. The van der Waals surface area contributed by atoms with Crippen LogP contribution in [0, 0.1) is 0 Å². The van der Waals surface area contributed by atoms with Crippen molar-refractivity contribution in [1.82, 2.24) is 0 Å². The first-order chi connectivity index (χ1) is 11.6. The van der Waals surface area contributed by atoms with Gasteiger partial charge in [-0.1, -0.05) is 57.9 Å². The maximum atomic E-state index is 11.2. The first kappa shape index (κ1) is 20.6. The van der Waals surface area contributed by atoms with E-state index in [-0.39, 0.29) is 11.0 Å². The average Bonchev–Trinajstić information content (AvgIpc) is 2.91. The summed E-state index contributed by atoms with van der Waals surface area (Å²) in [6.07, 6.45) is 19.1. The Morgan fingerprint density at radius 1 is 1.21 bits per heavy atom. The maximum absolute atomic E-state index is 11.2. The molecule has 1 aliphatic heterocycles. The van der Waals surface area contributed by atoms with Crippen molar-refractivity contribution >= 4 is 11.8 Å². The van der Waals surface area contributed by atoms with E-state index in [0.717, 1.165) is 12.3 Å². The second-order valence-electron chi connectivity index (χ2n) is 6.55. The van der Waals surface area contributed by atoms with Crippen LogP contribution in [0.1, 0.15) is 64.7 Å². The fraction of sp³-hybridized carbons (Fsp3) is 0.684. The summed E-state index contributed by atoms with van der Waals surface area (Å²) in [5.74, 6) is -0.0541. The van der Waals surface area contributed by atoms with Gasteiger partial charge in [-0.3, -0.25) is 0 Å². The van der Waals surface area contributed by atoms with Crippen LogP contribution in [-0.4, -0.2) is 41.0 Å². The van der Waals surface area contributed by atoms with Gasteiger partial charge in [0.05, 0.1) is 6.20 Å². The Kier molecular flexibility index (Phi) is 10.3. The van der Waals surface area contributed by atoms with E-state index in [2.05, 4.69) is 18.0 Å². The largest absolute Gasteiger partial charge is 0.477 e. The molecule has 0 saturated heterocycles. The van der Waals surface area contributed by atoms with Gasteiger partial charge in [0.25, 0.3) is 0 Å². The van der Waals surface area contributed by atoms with Gasteiger partial charge in [-0.25, -0.2) is 9.28 Å². The molecule has 1 rings (SSSR count). The SMILES string of the molecule is CCCCCCCCCC/C=C/C1=NC=C[N+]1(CCN)CC(=O)O. The number of amidine groups is 1. The lowest BCUT2D eigenvalue weighted by Crippen LogP contribution is -2.51. The molecule has 0 aromatic heterocycles. The lowest BCUT2D eigenvalue weighted by molar-refractivity contribution is -0.775. The number of nitrogens with zero attached hydrogens (tertiary/aromatic N) is 2. The van der Waals surface area contributed by atoms with E-state index in [1.54, 1.807) is 6.20 Å². The van der Waals surface area contributed by atoms with E-state index in [1.807, 2.05) is 12.3 Å². The quantitative estimate of drug-likeness (QED) is 0.374. The number of hydrogen-bond acceptors (Lipinski definition) is 3. The molecule has 0 aromatic rings. The molecule has 5 heteroatoms. The molecule has 136 valence electrons. The first-order valence-corrected chi connectivity index (χ1v) is 9.36. The van der Waals surface area contributed by atoms with E-state index in [1.165, 1.54) is 51.4 Å². The van der Waals surface area contributed by atoms with E-state index in [9.17, 15) is 4.79 Å². The number of carboxylic acids is 1. The summed E-state index contributed by atoms with van der Waals surface area (Å²) in [4.78, 5) is 15.5. The molecule has 5 nitrogen and oxygen atoms in total. The van der Waals surface area contributed by atoms with Crippen LogP contribution >= 0.6 is 0 Å². The molecule has 0 saturated carbocycles. The molecular weight excluding hydrogens is 302 g/mol. The molecule has 0 radical (unpaired) electrons. The number of carbonyl (C=O) groups is 1. The second kappa shape index (κ2) is 12.0. The van der Waals surface area contributed by atoms with E-state index in [0.29, 0.717) is 13.1 Å². The van der Waals surface area contributed by atoms with Gasteiger partial charge < -0.3 is 10.8 Å². The summed E-state index contributed by atoms with van der Waals surface area (Å²) in [6, 6.07) is 0. The average molecular weight is 337 g/mol. The molecule has 0 fully saturated rings. The summed E-state index contributed by atoms with van der Waals surface area (Å²) in [7, 11) is 0. The summed E-state index contributed by atoms with van der Waals surface area (Å²) < 4.78 is 0.222. The molecule has 1 heterocycles. The minimum Gasteiger partial charge on any atom is -0.477 e. The molecule has 0 aromatic carbocycles. The van der Waals surface area contributed by atoms with Crippen LogP contribution in [0.25, 0.3) is 0 Å². The summed E-state index contributed by atoms with van der Waals surface area (Å²) >= 11 is 0. The van der Waals surface area contributed by atoms with Gasteiger partial charge in [0, 0.05) is 12.6 Å². The minimum absolute atomic E-state index is 0.00532. The third kappa shape index (κ3) is 7.41. The van der Waals surface area contributed by atoms with Crippen LogP contribution in [0.2, 0.25) is 0 Å². The lowest BCUT2D eigenvalue weighted by atomic mass is 10.1. The fourth-order valence-electron chi connectivity index (χ4n) is 3.08. The van der Waals surface area contributed by atoms with Gasteiger partial charge >= 0.3 is 5.97 Å². The van der Waals surface area contributed by atoms with Crippen molar-refractivity contribution in [2.45, 2.75) is 64.7 Å². The number of allylic oxidation sites excluding steroid dienone is 1. The normalized spacial score (nSPS) is 20.0. The summed E-state index contributed by atoms with van der Waals surface area (Å²) in [5, 5.41) is 9.16. The number of unbranched alkanes of at least 4 members (excludes halogenated alkanes) is 8. The van der Waals surface area contributed by atoms with Crippen molar-refractivity contribution in [1.29, 1.82) is 0 Å². The highest BCUT2D eigenvalue weighted by molar-refractivity contribution is 5.90. The summed E-state index contributed by atoms with van der Waals surface area (Å²) in [5.41, 5.74) is 5.66. The zero-order chi connectivity index (χ0) is 17.7. The van der Waals surface area contributed by atoms with Gasteiger partial charge in [-0.15, -0.1) is 0 Å². The smallest absolute Gasteiger partial charge is 0.360 e. The van der Waals surface area contributed by atoms with Crippen molar-refractivity contribution in [3.8, 4) is 0 Å². The molecule has 24 heavy (non-hydrogen) atoms. The number of aliphatic imine (C=N–C) groups is 1. The highest BCUT2D eigenvalue weighted by Crippen LogP contribution is 2.18. The van der Waals surface area contributed by atoms with Crippen molar-refractivity contribution in [2.75, 3.05) is 19.6 Å². The number of carboxylic acid groups (broad SMARTS) is 1. The van der Waals surface area contributed by atoms with Crippen LogP contribution in [0.5, 0.6) is 0 Å². The van der Waals surface area contributed by atoms with Gasteiger partial charge in [-0.05, 0) is 12.8 Å². The number of quaternary nitrogens is 1. The number of rotatable bonds is 14. The highest BCUT2D eigenvalue weighted by atomic mass is 16.4. The topological polar surface area (TPSA) is 75.7 Å². The van der Waals surface area contributed by atoms with Gasteiger partial charge in [0.2, 0.25) is 5.84 Å². The summed E-state index contributed by atoms with van der Waals surface area (Å²) in [6.45, 7) is 3.23. The Bertz CT molecular complexity index is 458. The van der Waals surface area contributed by atoms with Crippen LogP contribution < -0.4 is 5.73 Å². The molecular formula is C19H34N3O2+. The molecule has 0 spiro atoms. The Balaban J connectivity index is 2.29.